The Morgan fingerprint density at radius 3 is 3.09 bits per heavy atom. The summed E-state index contributed by atoms with van der Waals surface area (Å²) in [5, 5.41) is 0. The molecule has 0 aromatic heterocycles. The van der Waals surface area contributed by atoms with Gasteiger partial charge in [-0.05, 0) is 32.1 Å². The first-order valence-electron chi connectivity index (χ1n) is 4.45. The number of nitrogens with two attached hydrogens (primary N) is 1. The normalized spacial score (nSPS) is 29.5. The topological polar surface area (TPSA) is 35.2 Å². The molecule has 0 amide bonds. The molecule has 1 radical (unpaired) electrons. The summed E-state index contributed by atoms with van der Waals surface area (Å²) in [4.78, 5) is 0. The maximum Gasteiger partial charge on any atom is 0.0494 e. The average Bonchev–Trinajstić information content (AvgIpc) is 2.14. The van der Waals surface area contributed by atoms with Gasteiger partial charge in [-0.25, -0.2) is 0 Å². The van der Waals surface area contributed by atoms with Gasteiger partial charge in [0, 0.05) is 19.3 Å². The maximum atomic E-state index is 5.61. The molecular weight excluding hydrogens is 138 g/mol. The van der Waals surface area contributed by atoms with Gasteiger partial charge in [-0.15, -0.1) is 0 Å². The summed E-state index contributed by atoms with van der Waals surface area (Å²) < 4.78 is 5.42. The first-order valence-corrected chi connectivity index (χ1v) is 4.45. The van der Waals surface area contributed by atoms with E-state index in [4.69, 9.17) is 10.5 Å². The highest BCUT2D eigenvalue weighted by atomic mass is 16.5. The van der Waals surface area contributed by atoms with Crippen molar-refractivity contribution in [1.82, 2.24) is 0 Å². The van der Waals surface area contributed by atoms with Crippen molar-refractivity contribution < 1.29 is 4.74 Å². The Bertz CT molecular complexity index is 95.7. The molecule has 1 fully saturated rings. The monoisotopic (exact) mass is 156 g/mol. The van der Waals surface area contributed by atoms with Crippen molar-refractivity contribution in [2.24, 2.45) is 11.7 Å². The van der Waals surface area contributed by atoms with Gasteiger partial charge < -0.3 is 10.5 Å². The second kappa shape index (κ2) is 4.73. The molecule has 1 saturated heterocycles. The van der Waals surface area contributed by atoms with Crippen LogP contribution in [-0.4, -0.2) is 19.3 Å². The Labute approximate surface area is 69.1 Å². The summed E-state index contributed by atoms with van der Waals surface area (Å²) in [6, 6.07) is 0.0849. The van der Waals surface area contributed by atoms with Crippen LogP contribution in [0.3, 0.4) is 0 Å². The highest BCUT2D eigenvalue weighted by Crippen LogP contribution is 2.17. The zero-order valence-corrected chi connectivity index (χ0v) is 7.09. The third kappa shape index (κ3) is 3.73. The lowest BCUT2D eigenvalue weighted by molar-refractivity contribution is 0.112. The van der Waals surface area contributed by atoms with Gasteiger partial charge in [-0.3, -0.25) is 0 Å². The highest BCUT2D eigenvalue weighted by Gasteiger charge is 2.13. The van der Waals surface area contributed by atoms with Crippen molar-refractivity contribution in [3.63, 3.8) is 0 Å². The van der Waals surface area contributed by atoms with Gasteiger partial charge in [0.2, 0.25) is 0 Å². The fourth-order valence-corrected chi connectivity index (χ4v) is 1.58. The Balaban J connectivity index is 2.20. The zero-order chi connectivity index (χ0) is 8.10. The smallest absolute Gasteiger partial charge is 0.0494 e. The number of ether oxygens (including phenoxy) is 1. The van der Waals surface area contributed by atoms with Crippen LogP contribution in [0.2, 0.25) is 0 Å². The van der Waals surface area contributed by atoms with Gasteiger partial charge in [0.05, 0.1) is 0 Å². The maximum absolute atomic E-state index is 5.61. The summed E-state index contributed by atoms with van der Waals surface area (Å²) in [5.74, 6) is 0.657. The van der Waals surface area contributed by atoms with Gasteiger partial charge >= 0.3 is 0 Å². The van der Waals surface area contributed by atoms with Gasteiger partial charge in [-0.2, -0.15) is 0 Å². The minimum absolute atomic E-state index is 0.0849. The van der Waals surface area contributed by atoms with Crippen LogP contribution in [0.1, 0.15) is 25.7 Å². The van der Waals surface area contributed by atoms with E-state index in [0.29, 0.717) is 5.92 Å². The van der Waals surface area contributed by atoms with E-state index in [9.17, 15) is 0 Å². The van der Waals surface area contributed by atoms with Crippen molar-refractivity contribution in [1.29, 1.82) is 0 Å². The van der Waals surface area contributed by atoms with Crippen LogP contribution in [0.25, 0.3) is 0 Å². The van der Waals surface area contributed by atoms with Crippen LogP contribution in [0.15, 0.2) is 0 Å². The number of hydrogen-bond donors (Lipinski definition) is 1. The van der Waals surface area contributed by atoms with E-state index < -0.39 is 0 Å². The second-order valence-electron chi connectivity index (χ2n) is 3.43. The lowest BCUT2D eigenvalue weighted by atomic mass is 9.97. The standard InChI is InChI=1S/C9H18NO/c1-8(10)6-9-4-2-3-5-11-7-9/h8-9H,1-7,10H2/t8?,9-/m1/s1. The first kappa shape index (κ1) is 9.01. The van der Waals surface area contributed by atoms with Crippen LogP contribution in [0.5, 0.6) is 0 Å². The number of hydrogen-bond acceptors (Lipinski definition) is 2. The van der Waals surface area contributed by atoms with Crippen molar-refractivity contribution in [2.45, 2.75) is 31.7 Å². The third-order valence-corrected chi connectivity index (χ3v) is 2.14. The van der Waals surface area contributed by atoms with Crippen molar-refractivity contribution >= 4 is 0 Å². The quantitative estimate of drug-likeness (QED) is 0.655. The molecule has 2 nitrogen and oxygen atoms in total. The van der Waals surface area contributed by atoms with Crippen LogP contribution >= 0.6 is 0 Å². The average molecular weight is 156 g/mol. The van der Waals surface area contributed by atoms with E-state index in [1.165, 1.54) is 19.3 Å². The van der Waals surface area contributed by atoms with Crippen molar-refractivity contribution in [3.8, 4) is 0 Å². The molecule has 0 bridgehead atoms. The van der Waals surface area contributed by atoms with Gasteiger partial charge in [0.1, 0.15) is 0 Å². The molecule has 2 N–H and O–H groups in total. The molecule has 1 rings (SSSR count). The van der Waals surface area contributed by atoms with Gasteiger partial charge in [0.25, 0.3) is 0 Å². The molecule has 0 spiro atoms. The molecular formula is C9H18NO. The van der Waals surface area contributed by atoms with Crippen molar-refractivity contribution in [2.75, 3.05) is 13.2 Å². The largest absolute Gasteiger partial charge is 0.381 e. The van der Waals surface area contributed by atoms with E-state index in [1.54, 1.807) is 0 Å². The molecule has 0 saturated carbocycles. The Kier molecular flexibility index (Phi) is 3.87. The van der Waals surface area contributed by atoms with Gasteiger partial charge in [0.15, 0.2) is 0 Å². The van der Waals surface area contributed by atoms with Crippen LogP contribution in [-0.2, 0) is 4.74 Å². The molecule has 0 aromatic rings. The molecule has 1 aliphatic rings. The van der Waals surface area contributed by atoms with E-state index in [-0.39, 0.29) is 6.04 Å². The van der Waals surface area contributed by atoms with Crippen molar-refractivity contribution in [3.05, 3.63) is 6.92 Å². The fourth-order valence-electron chi connectivity index (χ4n) is 1.58. The highest BCUT2D eigenvalue weighted by molar-refractivity contribution is 4.71. The molecule has 0 aromatic carbocycles. The molecule has 0 aliphatic carbocycles. The van der Waals surface area contributed by atoms with Crippen LogP contribution < -0.4 is 5.73 Å². The van der Waals surface area contributed by atoms with Crippen LogP contribution in [0.4, 0.5) is 0 Å². The minimum atomic E-state index is 0.0849. The number of rotatable bonds is 2. The summed E-state index contributed by atoms with van der Waals surface area (Å²) in [5.41, 5.74) is 5.61. The Hall–Kier alpha value is -0.0800. The molecule has 2 atom stereocenters. The predicted molar refractivity (Wildman–Crippen MR) is 46.1 cm³/mol. The molecule has 1 heterocycles. The van der Waals surface area contributed by atoms with E-state index in [1.807, 2.05) is 0 Å². The van der Waals surface area contributed by atoms with Crippen LogP contribution in [0, 0.1) is 12.8 Å². The third-order valence-electron chi connectivity index (χ3n) is 2.14. The fraction of sp³-hybridized carbons (Fsp3) is 0.889. The summed E-state index contributed by atoms with van der Waals surface area (Å²) in [6.45, 7) is 5.61. The SMILES string of the molecule is [CH2]C(N)C[C@H]1CCCCOC1. The lowest BCUT2D eigenvalue weighted by Gasteiger charge is -2.15. The molecule has 65 valence electrons. The summed E-state index contributed by atoms with van der Waals surface area (Å²) in [7, 11) is 0. The molecule has 11 heavy (non-hydrogen) atoms. The van der Waals surface area contributed by atoms with E-state index in [2.05, 4.69) is 6.92 Å². The van der Waals surface area contributed by atoms with E-state index >= 15 is 0 Å². The first-order chi connectivity index (χ1) is 5.29. The lowest BCUT2D eigenvalue weighted by Crippen LogP contribution is -2.22. The second-order valence-corrected chi connectivity index (χ2v) is 3.43. The minimum Gasteiger partial charge on any atom is -0.381 e. The summed E-state index contributed by atoms with van der Waals surface area (Å²) in [6.07, 6.45) is 4.78. The molecule has 1 aliphatic heterocycles. The zero-order valence-electron chi connectivity index (χ0n) is 7.09. The Morgan fingerprint density at radius 2 is 2.36 bits per heavy atom. The summed E-state index contributed by atoms with van der Waals surface area (Å²) >= 11 is 0. The van der Waals surface area contributed by atoms with Gasteiger partial charge in [-0.1, -0.05) is 6.42 Å². The molecule has 2 heteroatoms. The Morgan fingerprint density at radius 1 is 1.55 bits per heavy atom. The predicted octanol–water partition coefficient (Wildman–Crippen LogP) is 1.35. The molecule has 1 unspecified atom stereocenters. The van der Waals surface area contributed by atoms with E-state index in [0.717, 1.165) is 19.6 Å².